The lowest BCUT2D eigenvalue weighted by molar-refractivity contribution is 0.0987. The van der Waals surface area contributed by atoms with Crippen molar-refractivity contribution in [1.82, 2.24) is 0 Å². The quantitative estimate of drug-likeness (QED) is 0.796. The number of carbonyl (C=O) groups excluding carboxylic acids is 1. The van der Waals surface area contributed by atoms with E-state index >= 15 is 0 Å². The van der Waals surface area contributed by atoms with Crippen molar-refractivity contribution in [2.45, 2.75) is 6.42 Å². The number of ether oxygens (including phenoxy) is 1. The first-order chi connectivity index (χ1) is 9.52. The fourth-order valence-electron chi connectivity index (χ4n) is 1.87. The molecule has 0 fully saturated rings. The van der Waals surface area contributed by atoms with Crippen molar-refractivity contribution >= 4 is 17.4 Å². The molecule has 0 saturated carbocycles. The highest BCUT2D eigenvalue weighted by molar-refractivity contribution is 6.30. The molecule has 2 nitrogen and oxygen atoms in total. The average Bonchev–Trinajstić information content (AvgIpc) is 2.42. The minimum absolute atomic E-state index is 0.121. The third-order valence-electron chi connectivity index (χ3n) is 2.85. The molecule has 0 amide bonds. The van der Waals surface area contributed by atoms with E-state index in [1.165, 1.54) is 19.2 Å². The van der Waals surface area contributed by atoms with E-state index in [9.17, 15) is 13.6 Å². The highest BCUT2D eigenvalue weighted by atomic mass is 35.5. The number of carbonyl (C=O) groups is 1. The van der Waals surface area contributed by atoms with Crippen molar-refractivity contribution in [2.24, 2.45) is 0 Å². The number of halogens is 3. The van der Waals surface area contributed by atoms with Crippen molar-refractivity contribution in [3.8, 4) is 5.75 Å². The van der Waals surface area contributed by atoms with Gasteiger partial charge in [-0.05, 0) is 30.3 Å². The van der Waals surface area contributed by atoms with Crippen LogP contribution >= 0.6 is 11.6 Å². The maximum absolute atomic E-state index is 13.6. The van der Waals surface area contributed by atoms with Crippen molar-refractivity contribution < 1.29 is 18.3 Å². The highest BCUT2D eigenvalue weighted by Gasteiger charge is 2.17. The number of rotatable bonds is 4. The molecule has 0 heterocycles. The Hall–Kier alpha value is -1.94. The molecule has 0 atom stereocenters. The molecule has 0 unspecified atom stereocenters. The number of benzene rings is 2. The molecule has 0 spiro atoms. The van der Waals surface area contributed by atoms with Crippen molar-refractivity contribution in [3.63, 3.8) is 0 Å². The van der Waals surface area contributed by atoms with Gasteiger partial charge in [-0.25, -0.2) is 8.78 Å². The number of hydrogen-bond donors (Lipinski definition) is 0. The highest BCUT2D eigenvalue weighted by Crippen LogP contribution is 2.24. The summed E-state index contributed by atoms with van der Waals surface area (Å²) in [5, 5.41) is 0.438. The first-order valence-electron chi connectivity index (χ1n) is 5.82. The maximum atomic E-state index is 13.6. The van der Waals surface area contributed by atoms with E-state index in [0.29, 0.717) is 16.3 Å². The molecule has 0 N–H and O–H groups in total. The Morgan fingerprint density at radius 1 is 1.25 bits per heavy atom. The lowest BCUT2D eigenvalue weighted by Gasteiger charge is -2.09. The summed E-state index contributed by atoms with van der Waals surface area (Å²) >= 11 is 5.86. The van der Waals surface area contributed by atoms with Crippen LogP contribution in [0.5, 0.6) is 5.75 Å². The molecule has 104 valence electrons. The van der Waals surface area contributed by atoms with Gasteiger partial charge < -0.3 is 4.74 Å². The van der Waals surface area contributed by atoms with Crippen LogP contribution in [0.25, 0.3) is 0 Å². The summed E-state index contributed by atoms with van der Waals surface area (Å²) in [4.78, 5) is 12.1. The van der Waals surface area contributed by atoms with Gasteiger partial charge in [-0.2, -0.15) is 0 Å². The van der Waals surface area contributed by atoms with E-state index in [2.05, 4.69) is 0 Å². The lowest BCUT2D eigenvalue weighted by atomic mass is 10.0. The topological polar surface area (TPSA) is 26.3 Å². The molecule has 0 aliphatic rings. The van der Waals surface area contributed by atoms with Gasteiger partial charge in [0, 0.05) is 17.0 Å². The molecule has 2 aromatic carbocycles. The molecule has 0 radical (unpaired) electrons. The zero-order valence-electron chi connectivity index (χ0n) is 10.6. The first kappa shape index (κ1) is 14.5. The summed E-state index contributed by atoms with van der Waals surface area (Å²) in [6.07, 6.45) is -0.121. The standard InChI is InChI=1S/C15H11ClF2O2/c1-20-14-6-5-10(16)7-9(14)8-13(19)11-3-2-4-12(17)15(11)18/h2-7H,8H2,1H3. The van der Waals surface area contributed by atoms with Gasteiger partial charge in [0.25, 0.3) is 0 Å². The van der Waals surface area contributed by atoms with Crippen LogP contribution in [0.15, 0.2) is 36.4 Å². The van der Waals surface area contributed by atoms with E-state index in [-0.39, 0.29) is 12.0 Å². The van der Waals surface area contributed by atoms with Crippen LogP contribution in [0, 0.1) is 11.6 Å². The van der Waals surface area contributed by atoms with Crippen LogP contribution in [-0.4, -0.2) is 12.9 Å². The van der Waals surface area contributed by atoms with Crippen LogP contribution in [-0.2, 0) is 6.42 Å². The number of Topliss-reactive ketones (excluding diaryl/α,β-unsaturated/α-hetero) is 1. The second-order valence-corrected chi connectivity index (χ2v) is 4.59. The molecule has 5 heteroatoms. The third-order valence-corrected chi connectivity index (χ3v) is 3.08. The van der Waals surface area contributed by atoms with Crippen LogP contribution in [0.4, 0.5) is 8.78 Å². The molecular formula is C15H11ClF2O2. The largest absolute Gasteiger partial charge is 0.496 e. The fourth-order valence-corrected chi connectivity index (χ4v) is 2.07. The van der Waals surface area contributed by atoms with Crippen molar-refractivity contribution in [1.29, 1.82) is 0 Å². The van der Waals surface area contributed by atoms with E-state index in [1.807, 2.05) is 0 Å². The minimum atomic E-state index is -1.14. The van der Waals surface area contributed by atoms with Crippen LogP contribution in [0.1, 0.15) is 15.9 Å². The van der Waals surface area contributed by atoms with Gasteiger partial charge in [-0.1, -0.05) is 17.7 Å². The molecule has 0 aliphatic heterocycles. The van der Waals surface area contributed by atoms with Gasteiger partial charge in [0.05, 0.1) is 12.7 Å². The molecule has 2 rings (SSSR count). The Kier molecular flexibility index (Phi) is 4.35. The monoisotopic (exact) mass is 296 g/mol. The Morgan fingerprint density at radius 2 is 2.00 bits per heavy atom. The summed E-state index contributed by atoms with van der Waals surface area (Å²) in [6, 6.07) is 8.31. The Labute approximate surface area is 119 Å². The average molecular weight is 297 g/mol. The third kappa shape index (κ3) is 2.96. The van der Waals surface area contributed by atoms with Crippen LogP contribution in [0.3, 0.4) is 0 Å². The number of methoxy groups -OCH3 is 1. The summed E-state index contributed by atoms with van der Waals surface area (Å²) in [7, 11) is 1.46. The Balaban J connectivity index is 2.32. The van der Waals surface area contributed by atoms with Gasteiger partial charge in [0.15, 0.2) is 17.4 Å². The summed E-state index contributed by atoms with van der Waals surface area (Å²) in [5.74, 6) is -2.26. The first-order valence-corrected chi connectivity index (χ1v) is 6.20. The van der Waals surface area contributed by atoms with Crippen LogP contribution < -0.4 is 4.74 Å². The molecule has 0 aromatic heterocycles. The Morgan fingerprint density at radius 3 is 2.70 bits per heavy atom. The summed E-state index contributed by atoms with van der Waals surface area (Å²) < 4.78 is 31.8. The van der Waals surface area contributed by atoms with Crippen molar-refractivity contribution in [2.75, 3.05) is 7.11 Å². The predicted octanol–water partition coefficient (Wildman–Crippen LogP) is 4.05. The molecule has 0 bridgehead atoms. The van der Waals surface area contributed by atoms with Gasteiger partial charge in [-0.15, -0.1) is 0 Å². The van der Waals surface area contributed by atoms with Crippen LogP contribution in [0.2, 0.25) is 5.02 Å². The zero-order chi connectivity index (χ0) is 14.7. The van der Waals surface area contributed by atoms with E-state index < -0.39 is 17.4 Å². The molecule has 2 aromatic rings. The smallest absolute Gasteiger partial charge is 0.170 e. The zero-order valence-corrected chi connectivity index (χ0v) is 11.4. The SMILES string of the molecule is COc1ccc(Cl)cc1CC(=O)c1cccc(F)c1F. The predicted molar refractivity (Wildman–Crippen MR) is 72.4 cm³/mol. The lowest BCUT2D eigenvalue weighted by Crippen LogP contribution is -2.08. The normalized spacial score (nSPS) is 10.4. The molecular weight excluding hydrogens is 286 g/mol. The molecule has 20 heavy (non-hydrogen) atoms. The fraction of sp³-hybridized carbons (Fsp3) is 0.133. The van der Waals surface area contributed by atoms with E-state index in [1.54, 1.807) is 18.2 Å². The number of hydrogen-bond acceptors (Lipinski definition) is 2. The molecule has 0 aliphatic carbocycles. The summed E-state index contributed by atoms with van der Waals surface area (Å²) in [5.41, 5.74) is 0.237. The maximum Gasteiger partial charge on any atom is 0.170 e. The van der Waals surface area contributed by atoms with Gasteiger partial charge in [-0.3, -0.25) is 4.79 Å². The second kappa shape index (κ2) is 6.01. The van der Waals surface area contributed by atoms with Crippen molar-refractivity contribution in [3.05, 3.63) is 64.2 Å². The number of ketones is 1. The van der Waals surface area contributed by atoms with Gasteiger partial charge >= 0.3 is 0 Å². The van der Waals surface area contributed by atoms with E-state index in [4.69, 9.17) is 16.3 Å². The molecule has 0 saturated heterocycles. The second-order valence-electron chi connectivity index (χ2n) is 4.16. The Bertz CT molecular complexity index is 656. The summed E-state index contributed by atoms with van der Waals surface area (Å²) in [6.45, 7) is 0. The van der Waals surface area contributed by atoms with Gasteiger partial charge in [0.1, 0.15) is 5.75 Å². The minimum Gasteiger partial charge on any atom is -0.496 e. The van der Waals surface area contributed by atoms with Gasteiger partial charge in [0.2, 0.25) is 0 Å². The van der Waals surface area contributed by atoms with E-state index in [0.717, 1.165) is 6.07 Å².